The van der Waals surface area contributed by atoms with Crippen LogP contribution in [0.2, 0.25) is 0 Å². The molecule has 20 heavy (non-hydrogen) atoms. The van der Waals surface area contributed by atoms with Crippen LogP contribution in [0.4, 0.5) is 4.39 Å². The summed E-state index contributed by atoms with van der Waals surface area (Å²) in [5.74, 6) is -0.0466. The summed E-state index contributed by atoms with van der Waals surface area (Å²) < 4.78 is 24.2. The van der Waals surface area contributed by atoms with Gasteiger partial charge in [0.05, 0.1) is 7.11 Å². The summed E-state index contributed by atoms with van der Waals surface area (Å²) in [4.78, 5) is 10.0. The number of benzene rings is 2. The lowest BCUT2D eigenvalue weighted by Gasteiger charge is -2.11. The molecule has 0 heterocycles. The molecule has 0 N–H and O–H groups in total. The van der Waals surface area contributed by atoms with Gasteiger partial charge in [-0.05, 0) is 24.3 Å². The first kappa shape index (κ1) is 13.8. The average Bonchev–Trinajstić information content (AvgIpc) is 2.41. The normalized spacial score (nSPS) is 10.1. The maximum Gasteiger partial charge on any atom is 0.229 e. The second kappa shape index (κ2) is 6.01. The average molecular weight is 277 g/mol. The van der Waals surface area contributed by atoms with Crippen molar-refractivity contribution in [2.75, 3.05) is 7.11 Å². The standard InChI is InChI=1S/C14H12FNO4/c1-19-13-7-3-6-12(15)14(13)20-11-5-2-4-10(8-11)9-16(17)18/h2-8H,9H2,1H3. The molecule has 104 valence electrons. The van der Waals surface area contributed by atoms with E-state index in [2.05, 4.69) is 0 Å². The van der Waals surface area contributed by atoms with Crippen LogP contribution in [-0.2, 0) is 6.54 Å². The first-order chi connectivity index (χ1) is 9.60. The Hall–Kier alpha value is -2.63. The summed E-state index contributed by atoms with van der Waals surface area (Å²) in [6, 6.07) is 10.6. The van der Waals surface area contributed by atoms with Crippen LogP contribution in [0.3, 0.4) is 0 Å². The van der Waals surface area contributed by atoms with Crippen molar-refractivity contribution < 1.29 is 18.8 Å². The third kappa shape index (κ3) is 3.23. The van der Waals surface area contributed by atoms with Crippen molar-refractivity contribution in [3.63, 3.8) is 0 Å². The Balaban J connectivity index is 2.28. The van der Waals surface area contributed by atoms with Crippen LogP contribution in [0.5, 0.6) is 17.2 Å². The van der Waals surface area contributed by atoms with Crippen molar-refractivity contribution in [3.05, 3.63) is 64.0 Å². The minimum atomic E-state index is -0.566. The first-order valence-electron chi connectivity index (χ1n) is 5.81. The van der Waals surface area contributed by atoms with Gasteiger partial charge in [-0.1, -0.05) is 18.2 Å². The van der Waals surface area contributed by atoms with Gasteiger partial charge in [-0.25, -0.2) is 4.39 Å². The van der Waals surface area contributed by atoms with Crippen molar-refractivity contribution in [2.45, 2.75) is 6.54 Å². The van der Waals surface area contributed by atoms with Crippen LogP contribution >= 0.6 is 0 Å². The monoisotopic (exact) mass is 277 g/mol. The van der Waals surface area contributed by atoms with Crippen molar-refractivity contribution in [3.8, 4) is 17.2 Å². The molecule has 0 saturated heterocycles. The summed E-state index contributed by atoms with van der Waals surface area (Å²) in [6.07, 6.45) is 0. The first-order valence-corrected chi connectivity index (χ1v) is 5.81. The van der Waals surface area contributed by atoms with Crippen molar-refractivity contribution in [1.82, 2.24) is 0 Å². The van der Waals surface area contributed by atoms with E-state index in [1.54, 1.807) is 24.3 Å². The van der Waals surface area contributed by atoms with E-state index in [4.69, 9.17) is 9.47 Å². The molecule has 0 atom stereocenters. The highest BCUT2D eigenvalue weighted by Gasteiger charge is 2.12. The number of para-hydroxylation sites is 1. The van der Waals surface area contributed by atoms with E-state index in [-0.39, 0.29) is 18.0 Å². The fourth-order valence-electron chi connectivity index (χ4n) is 1.72. The number of halogens is 1. The molecule has 0 saturated carbocycles. The van der Waals surface area contributed by atoms with Crippen molar-refractivity contribution in [2.24, 2.45) is 0 Å². The lowest BCUT2D eigenvalue weighted by molar-refractivity contribution is -0.496. The maximum absolute atomic E-state index is 13.7. The number of hydrogen-bond donors (Lipinski definition) is 0. The number of ether oxygens (including phenoxy) is 2. The smallest absolute Gasteiger partial charge is 0.229 e. The fraction of sp³-hybridized carbons (Fsp3) is 0.143. The second-order valence-electron chi connectivity index (χ2n) is 4.01. The zero-order valence-corrected chi connectivity index (χ0v) is 10.7. The molecule has 0 aliphatic rings. The maximum atomic E-state index is 13.7. The molecule has 2 aromatic carbocycles. The molecule has 0 aliphatic heterocycles. The van der Waals surface area contributed by atoms with Gasteiger partial charge in [0, 0.05) is 10.5 Å². The van der Waals surface area contributed by atoms with Crippen LogP contribution < -0.4 is 9.47 Å². The largest absolute Gasteiger partial charge is 0.493 e. The molecule has 0 bridgehead atoms. The predicted octanol–water partition coefficient (Wildman–Crippen LogP) is 3.40. The minimum absolute atomic E-state index is 0.0479. The number of hydrogen-bond acceptors (Lipinski definition) is 4. The van der Waals surface area contributed by atoms with E-state index in [1.165, 1.54) is 25.3 Å². The van der Waals surface area contributed by atoms with Gasteiger partial charge in [-0.15, -0.1) is 0 Å². The van der Waals surface area contributed by atoms with E-state index >= 15 is 0 Å². The van der Waals surface area contributed by atoms with Gasteiger partial charge < -0.3 is 9.47 Å². The highest BCUT2D eigenvalue weighted by atomic mass is 19.1. The molecule has 0 aromatic heterocycles. The Labute approximate surface area is 114 Å². The zero-order valence-electron chi connectivity index (χ0n) is 10.7. The number of methoxy groups -OCH3 is 1. The molecule has 2 aromatic rings. The Morgan fingerprint density at radius 1 is 1.25 bits per heavy atom. The van der Waals surface area contributed by atoms with Gasteiger partial charge >= 0.3 is 0 Å². The summed E-state index contributed by atoms with van der Waals surface area (Å²) in [7, 11) is 1.41. The van der Waals surface area contributed by atoms with E-state index in [1.807, 2.05) is 0 Å². The molecule has 0 spiro atoms. The quantitative estimate of drug-likeness (QED) is 0.620. The van der Waals surface area contributed by atoms with Crippen LogP contribution in [0.1, 0.15) is 5.56 Å². The SMILES string of the molecule is COc1cccc(F)c1Oc1cccc(C[N+](=O)[O-])c1. The Morgan fingerprint density at radius 2 is 2.00 bits per heavy atom. The molecular weight excluding hydrogens is 265 g/mol. The van der Waals surface area contributed by atoms with Crippen LogP contribution in [0.15, 0.2) is 42.5 Å². The summed E-state index contributed by atoms with van der Waals surface area (Å²) in [5, 5.41) is 10.5. The Bertz CT molecular complexity index is 630. The van der Waals surface area contributed by atoms with Gasteiger partial charge in [0.1, 0.15) is 5.75 Å². The van der Waals surface area contributed by atoms with Gasteiger partial charge in [0.2, 0.25) is 12.3 Å². The fourth-order valence-corrected chi connectivity index (χ4v) is 1.72. The van der Waals surface area contributed by atoms with Crippen LogP contribution in [0, 0.1) is 15.9 Å². The lowest BCUT2D eigenvalue weighted by atomic mass is 10.2. The molecular formula is C14H12FNO4. The number of nitrogens with zero attached hydrogens (tertiary/aromatic N) is 1. The summed E-state index contributed by atoms with van der Waals surface area (Å²) >= 11 is 0. The topological polar surface area (TPSA) is 61.6 Å². The molecule has 6 heteroatoms. The molecule has 5 nitrogen and oxygen atoms in total. The summed E-state index contributed by atoms with van der Waals surface area (Å²) in [5.41, 5.74) is 0.475. The molecule has 2 rings (SSSR count). The van der Waals surface area contributed by atoms with E-state index in [0.717, 1.165) is 0 Å². The molecule has 0 amide bonds. The third-order valence-corrected chi connectivity index (χ3v) is 2.58. The third-order valence-electron chi connectivity index (χ3n) is 2.58. The van der Waals surface area contributed by atoms with Gasteiger partial charge in [-0.3, -0.25) is 10.1 Å². The van der Waals surface area contributed by atoms with Crippen LogP contribution in [0.25, 0.3) is 0 Å². The molecule has 0 radical (unpaired) electrons. The van der Waals surface area contributed by atoms with E-state index in [9.17, 15) is 14.5 Å². The molecule has 0 unspecified atom stereocenters. The van der Waals surface area contributed by atoms with E-state index < -0.39 is 10.7 Å². The Kier molecular flexibility index (Phi) is 4.14. The Morgan fingerprint density at radius 3 is 2.70 bits per heavy atom. The zero-order chi connectivity index (χ0) is 14.5. The number of rotatable bonds is 5. The molecule has 0 aliphatic carbocycles. The molecule has 0 fully saturated rings. The second-order valence-corrected chi connectivity index (χ2v) is 4.01. The summed E-state index contributed by atoms with van der Waals surface area (Å²) in [6.45, 7) is -0.314. The van der Waals surface area contributed by atoms with Gasteiger partial charge in [-0.2, -0.15) is 0 Å². The predicted molar refractivity (Wildman–Crippen MR) is 70.2 cm³/mol. The number of nitro groups is 1. The van der Waals surface area contributed by atoms with Gasteiger partial charge in [0.25, 0.3) is 0 Å². The minimum Gasteiger partial charge on any atom is -0.493 e. The van der Waals surface area contributed by atoms with E-state index in [0.29, 0.717) is 11.3 Å². The van der Waals surface area contributed by atoms with Crippen LogP contribution in [-0.4, -0.2) is 12.0 Å². The lowest BCUT2D eigenvalue weighted by Crippen LogP contribution is -1.98. The highest BCUT2D eigenvalue weighted by Crippen LogP contribution is 2.34. The highest BCUT2D eigenvalue weighted by molar-refractivity contribution is 5.44. The van der Waals surface area contributed by atoms with Crippen molar-refractivity contribution in [1.29, 1.82) is 0 Å². The van der Waals surface area contributed by atoms with Gasteiger partial charge in [0.15, 0.2) is 11.6 Å². The van der Waals surface area contributed by atoms with Crippen molar-refractivity contribution >= 4 is 0 Å².